The topological polar surface area (TPSA) is 55.8 Å². The van der Waals surface area contributed by atoms with E-state index in [0.717, 1.165) is 18.4 Å². The summed E-state index contributed by atoms with van der Waals surface area (Å²) in [6.07, 6.45) is 5.78. The second-order valence-electron chi connectivity index (χ2n) is 7.20. The molecule has 1 amide bonds. The zero-order chi connectivity index (χ0) is 16.0. The molecule has 23 heavy (non-hydrogen) atoms. The van der Waals surface area contributed by atoms with Gasteiger partial charge in [-0.1, -0.05) is 49.6 Å². The Bertz CT molecular complexity index is 587. The molecule has 0 unspecified atom stereocenters. The number of amides is 1. The Labute approximate surface area is 137 Å². The van der Waals surface area contributed by atoms with Crippen LogP contribution in [0.2, 0.25) is 0 Å². The normalized spacial score (nSPS) is 35.7. The molecule has 2 N–H and O–H groups in total. The summed E-state index contributed by atoms with van der Waals surface area (Å²) in [5.74, 6) is -0.274. The van der Waals surface area contributed by atoms with Crippen molar-refractivity contribution in [3.05, 3.63) is 35.9 Å². The van der Waals surface area contributed by atoms with Crippen molar-refractivity contribution in [1.29, 1.82) is 0 Å². The summed E-state index contributed by atoms with van der Waals surface area (Å²) in [6.45, 7) is 0.636. The number of rotatable bonds is 2. The van der Waals surface area contributed by atoms with Crippen LogP contribution in [0.15, 0.2) is 30.3 Å². The monoisotopic (exact) mass is 315 g/mol. The summed E-state index contributed by atoms with van der Waals surface area (Å²) >= 11 is 0. The number of hydrogen-bond donors (Lipinski definition) is 2. The minimum Gasteiger partial charge on any atom is -0.366 e. The number of aliphatic hydroxyl groups is 1. The quantitative estimate of drug-likeness (QED) is 0.871. The third kappa shape index (κ3) is 2.30. The summed E-state index contributed by atoms with van der Waals surface area (Å²) < 4.78 is 0. The van der Waals surface area contributed by atoms with Crippen LogP contribution < -0.4 is 5.43 Å². The molecule has 4 rings (SSSR count). The van der Waals surface area contributed by atoms with Crippen LogP contribution >= 0.6 is 0 Å². The molecule has 5 nitrogen and oxygen atoms in total. The van der Waals surface area contributed by atoms with Gasteiger partial charge in [-0.2, -0.15) is 0 Å². The van der Waals surface area contributed by atoms with Gasteiger partial charge in [0.2, 0.25) is 5.72 Å². The van der Waals surface area contributed by atoms with E-state index >= 15 is 0 Å². The second-order valence-corrected chi connectivity index (χ2v) is 7.20. The van der Waals surface area contributed by atoms with E-state index in [1.807, 2.05) is 35.2 Å². The van der Waals surface area contributed by atoms with Crippen molar-refractivity contribution in [1.82, 2.24) is 15.3 Å². The van der Waals surface area contributed by atoms with E-state index in [1.165, 1.54) is 19.3 Å². The second kappa shape index (κ2) is 5.58. The van der Waals surface area contributed by atoms with Crippen molar-refractivity contribution in [3.8, 4) is 0 Å². The molecule has 0 radical (unpaired) electrons. The third-order valence-electron chi connectivity index (χ3n) is 5.82. The van der Waals surface area contributed by atoms with Crippen LogP contribution in [-0.4, -0.2) is 46.3 Å². The number of nitrogens with zero attached hydrogens (tertiary/aromatic N) is 2. The highest BCUT2D eigenvalue weighted by Crippen LogP contribution is 2.45. The summed E-state index contributed by atoms with van der Waals surface area (Å²) in [7, 11) is 1.91. The van der Waals surface area contributed by atoms with Crippen LogP contribution in [0, 0.1) is 5.92 Å². The highest BCUT2D eigenvalue weighted by molar-refractivity contribution is 5.88. The Morgan fingerprint density at radius 3 is 2.57 bits per heavy atom. The molecule has 3 fully saturated rings. The van der Waals surface area contributed by atoms with E-state index in [-0.39, 0.29) is 17.9 Å². The first kappa shape index (κ1) is 15.1. The molecule has 1 aromatic carbocycles. The van der Waals surface area contributed by atoms with Crippen molar-refractivity contribution in [2.24, 2.45) is 5.92 Å². The Morgan fingerprint density at radius 2 is 1.87 bits per heavy atom. The average Bonchev–Trinajstić information content (AvgIpc) is 2.97. The Kier molecular flexibility index (Phi) is 3.67. The van der Waals surface area contributed by atoms with Crippen LogP contribution in [0.3, 0.4) is 0 Å². The molecule has 2 aliphatic heterocycles. The van der Waals surface area contributed by atoms with E-state index in [1.54, 1.807) is 0 Å². The van der Waals surface area contributed by atoms with Crippen LogP contribution in [0.5, 0.6) is 0 Å². The number of fused-ring (bicyclic) bond motifs is 1. The van der Waals surface area contributed by atoms with Crippen LogP contribution in [-0.2, 0) is 4.79 Å². The van der Waals surface area contributed by atoms with Gasteiger partial charge in [-0.15, -0.1) is 0 Å². The van der Waals surface area contributed by atoms with Gasteiger partial charge in [0.1, 0.15) is 0 Å². The zero-order valence-electron chi connectivity index (χ0n) is 13.6. The van der Waals surface area contributed by atoms with Crippen molar-refractivity contribution >= 4 is 5.91 Å². The molecule has 0 aromatic heterocycles. The minimum atomic E-state index is -1.45. The van der Waals surface area contributed by atoms with Gasteiger partial charge in [0, 0.05) is 19.6 Å². The number of nitrogens with one attached hydrogen (secondary N) is 1. The predicted octanol–water partition coefficient (Wildman–Crippen LogP) is 1.66. The van der Waals surface area contributed by atoms with Crippen LogP contribution in [0.25, 0.3) is 0 Å². The van der Waals surface area contributed by atoms with E-state index < -0.39 is 5.72 Å². The van der Waals surface area contributed by atoms with Gasteiger partial charge < -0.3 is 10.0 Å². The van der Waals surface area contributed by atoms with Gasteiger partial charge in [0.05, 0.1) is 12.0 Å². The average molecular weight is 315 g/mol. The maximum absolute atomic E-state index is 12.9. The molecule has 0 bridgehead atoms. The summed E-state index contributed by atoms with van der Waals surface area (Å²) in [4.78, 5) is 14.9. The van der Waals surface area contributed by atoms with Gasteiger partial charge in [0.25, 0.3) is 5.91 Å². The molecule has 1 aliphatic carbocycles. The fourth-order valence-corrected chi connectivity index (χ4v) is 4.69. The van der Waals surface area contributed by atoms with Gasteiger partial charge in [0.15, 0.2) is 0 Å². The minimum absolute atomic E-state index is 0.0127. The van der Waals surface area contributed by atoms with Crippen LogP contribution in [0.4, 0.5) is 0 Å². The number of likely N-dealkylation sites (tertiary alicyclic amines) is 1. The van der Waals surface area contributed by atoms with Crippen molar-refractivity contribution < 1.29 is 9.90 Å². The lowest BCUT2D eigenvalue weighted by Crippen LogP contribution is -2.54. The summed E-state index contributed by atoms with van der Waals surface area (Å²) in [5, 5.41) is 13.0. The molecule has 2 heterocycles. The molecular formula is C18H25N3O2. The number of benzene rings is 1. The van der Waals surface area contributed by atoms with Gasteiger partial charge >= 0.3 is 0 Å². The number of carbonyl (C=O) groups excluding carboxylic acids is 1. The first-order valence-electron chi connectivity index (χ1n) is 8.70. The zero-order valence-corrected chi connectivity index (χ0v) is 13.6. The van der Waals surface area contributed by atoms with E-state index in [4.69, 9.17) is 0 Å². The smallest absolute Gasteiger partial charge is 0.271 e. The molecule has 3 atom stereocenters. The lowest BCUT2D eigenvalue weighted by atomic mass is 9.89. The summed E-state index contributed by atoms with van der Waals surface area (Å²) in [5.41, 5.74) is 2.75. The third-order valence-corrected chi connectivity index (χ3v) is 5.82. The first-order valence-corrected chi connectivity index (χ1v) is 8.70. The maximum atomic E-state index is 12.9. The van der Waals surface area contributed by atoms with Crippen molar-refractivity contribution in [3.63, 3.8) is 0 Å². The van der Waals surface area contributed by atoms with Gasteiger partial charge in [-0.3, -0.25) is 4.79 Å². The molecule has 3 aliphatic rings. The highest BCUT2D eigenvalue weighted by atomic mass is 16.3. The maximum Gasteiger partial charge on any atom is 0.271 e. The first-order chi connectivity index (χ1) is 11.1. The molecule has 5 heteroatoms. The predicted molar refractivity (Wildman–Crippen MR) is 87.1 cm³/mol. The molecular weight excluding hydrogens is 290 g/mol. The molecule has 124 valence electrons. The fraction of sp³-hybridized carbons (Fsp3) is 0.611. The molecule has 1 aromatic rings. The molecule has 0 spiro atoms. The van der Waals surface area contributed by atoms with Gasteiger partial charge in [-0.05, 0) is 18.4 Å². The fourth-order valence-electron chi connectivity index (χ4n) is 4.69. The SMILES string of the molecule is CN1N[C@]2(O)C(=O)N(C3CCCCC3)C[C@@H]2[C@@H]1c1ccccc1. The van der Waals surface area contributed by atoms with E-state index in [2.05, 4.69) is 17.6 Å². The largest absolute Gasteiger partial charge is 0.366 e. The Hall–Kier alpha value is -1.43. The standard InChI is InChI=1S/C18H25N3O2/c1-20-16(13-8-4-2-5-9-13)15-12-21(14-10-6-3-7-11-14)17(22)18(15,23)19-20/h2,4-5,8-9,14-16,19,23H,3,6-7,10-12H2,1H3/t15-,16+,18-/m1/s1. The lowest BCUT2D eigenvalue weighted by Gasteiger charge is -2.33. The van der Waals surface area contributed by atoms with Crippen LogP contribution in [0.1, 0.15) is 43.7 Å². The molecule has 1 saturated carbocycles. The van der Waals surface area contributed by atoms with Crippen molar-refractivity contribution in [2.45, 2.75) is 49.9 Å². The van der Waals surface area contributed by atoms with E-state index in [0.29, 0.717) is 12.6 Å². The van der Waals surface area contributed by atoms with Gasteiger partial charge in [-0.25, -0.2) is 10.4 Å². The Morgan fingerprint density at radius 1 is 1.17 bits per heavy atom. The number of hydrazine groups is 1. The number of hydrogen-bond acceptors (Lipinski definition) is 4. The summed E-state index contributed by atoms with van der Waals surface area (Å²) in [6, 6.07) is 10.5. The lowest BCUT2D eigenvalue weighted by molar-refractivity contribution is -0.151. The molecule has 2 saturated heterocycles. The number of carbonyl (C=O) groups is 1. The van der Waals surface area contributed by atoms with Crippen molar-refractivity contribution in [2.75, 3.05) is 13.6 Å². The highest BCUT2D eigenvalue weighted by Gasteiger charge is 2.62. The van der Waals surface area contributed by atoms with E-state index in [9.17, 15) is 9.90 Å². The Balaban J connectivity index is 1.63.